The summed E-state index contributed by atoms with van der Waals surface area (Å²) in [4.78, 5) is 27.0. The number of anilines is 1. The van der Waals surface area contributed by atoms with Gasteiger partial charge in [0.25, 0.3) is 5.91 Å². The van der Waals surface area contributed by atoms with Crippen LogP contribution in [0.25, 0.3) is 0 Å². The van der Waals surface area contributed by atoms with Crippen LogP contribution in [0.1, 0.15) is 25.5 Å². The summed E-state index contributed by atoms with van der Waals surface area (Å²) in [5.41, 5.74) is 1.56. The molecule has 2 aromatic rings. The van der Waals surface area contributed by atoms with E-state index in [1.807, 2.05) is 42.5 Å². The fourth-order valence-corrected chi connectivity index (χ4v) is 3.40. The van der Waals surface area contributed by atoms with Crippen molar-refractivity contribution in [3.05, 3.63) is 76.0 Å². The number of hydrogen-bond acceptors (Lipinski definition) is 3. The molecule has 2 aromatic carbocycles. The Labute approximate surface area is 154 Å². The van der Waals surface area contributed by atoms with E-state index in [1.165, 1.54) is 4.90 Å². The number of nitrogens with zero attached hydrogens (tertiary/aromatic N) is 1. The summed E-state index contributed by atoms with van der Waals surface area (Å²) in [7, 11) is 0. The first-order valence-electron chi connectivity index (χ1n) is 8.03. The molecule has 5 heteroatoms. The maximum Gasteiger partial charge on any atom is 0.294 e. The predicted molar refractivity (Wildman–Crippen MR) is 100 cm³/mol. The van der Waals surface area contributed by atoms with Crippen molar-refractivity contribution >= 4 is 33.3 Å². The van der Waals surface area contributed by atoms with Crippen molar-refractivity contribution in [2.45, 2.75) is 19.9 Å². The minimum absolute atomic E-state index is 0.158. The average Bonchev–Trinajstić information content (AvgIpc) is 2.86. The zero-order chi connectivity index (χ0) is 18.1. The Balaban J connectivity index is 2.19. The molecule has 0 saturated heterocycles. The SMILES string of the molecule is CC(C)C(=O)C1=C(O)C(=O)N(c2cccc(Br)c2)C1c1ccccc1. The molecule has 1 atom stereocenters. The van der Waals surface area contributed by atoms with E-state index in [0.29, 0.717) is 5.69 Å². The standard InChI is InChI=1S/C20H18BrNO3/c1-12(2)18(23)16-17(13-7-4-3-5-8-13)22(20(25)19(16)24)15-10-6-9-14(21)11-15/h3-12,17,24H,1-2H3. The smallest absolute Gasteiger partial charge is 0.294 e. The molecule has 0 aliphatic carbocycles. The number of halogens is 1. The van der Waals surface area contributed by atoms with Gasteiger partial charge in [0.1, 0.15) is 0 Å². The van der Waals surface area contributed by atoms with Crippen molar-refractivity contribution in [1.82, 2.24) is 0 Å². The molecule has 1 aliphatic rings. The van der Waals surface area contributed by atoms with Gasteiger partial charge in [0.2, 0.25) is 0 Å². The Kier molecular flexibility index (Phi) is 4.77. The summed E-state index contributed by atoms with van der Waals surface area (Å²) >= 11 is 3.41. The van der Waals surface area contributed by atoms with Crippen molar-refractivity contribution < 1.29 is 14.7 Å². The number of benzene rings is 2. The maximum atomic E-state index is 12.8. The Morgan fingerprint density at radius 3 is 2.40 bits per heavy atom. The Hall–Kier alpha value is -2.40. The Morgan fingerprint density at radius 2 is 1.80 bits per heavy atom. The van der Waals surface area contributed by atoms with Gasteiger partial charge in [-0.25, -0.2) is 0 Å². The molecule has 1 amide bonds. The molecule has 0 spiro atoms. The summed E-state index contributed by atoms with van der Waals surface area (Å²) in [6.45, 7) is 3.52. The van der Waals surface area contributed by atoms with E-state index in [1.54, 1.807) is 26.0 Å². The van der Waals surface area contributed by atoms with Crippen molar-refractivity contribution in [3.8, 4) is 0 Å². The highest BCUT2D eigenvalue weighted by molar-refractivity contribution is 9.10. The van der Waals surface area contributed by atoms with Gasteiger partial charge in [-0.05, 0) is 23.8 Å². The van der Waals surface area contributed by atoms with Gasteiger partial charge in [-0.15, -0.1) is 0 Å². The largest absolute Gasteiger partial charge is 0.503 e. The number of ketones is 1. The van der Waals surface area contributed by atoms with E-state index in [-0.39, 0.29) is 17.3 Å². The molecular weight excluding hydrogens is 382 g/mol. The topological polar surface area (TPSA) is 57.6 Å². The van der Waals surface area contributed by atoms with Gasteiger partial charge in [-0.1, -0.05) is 66.2 Å². The molecule has 25 heavy (non-hydrogen) atoms. The first-order valence-corrected chi connectivity index (χ1v) is 8.82. The third kappa shape index (κ3) is 3.12. The number of carbonyl (C=O) groups excluding carboxylic acids is 2. The third-order valence-corrected chi connectivity index (χ3v) is 4.69. The van der Waals surface area contributed by atoms with Gasteiger partial charge in [0, 0.05) is 16.1 Å². The van der Waals surface area contributed by atoms with Crippen LogP contribution in [0.15, 0.2) is 70.4 Å². The fraction of sp³-hybridized carbons (Fsp3) is 0.200. The summed E-state index contributed by atoms with van der Waals surface area (Å²) in [6, 6.07) is 15.9. The lowest BCUT2D eigenvalue weighted by Crippen LogP contribution is -2.31. The lowest BCUT2D eigenvalue weighted by molar-refractivity contribution is -0.119. The van der Waals surface area contributed by atoms with E-state index in [2.05, 4.69) is 15.9 Å². The van der Waals surface area contributed by atoms with Crippen LogP contribution in [0.5, 0.6) is 0 Å². The Bertz CT molecular complexity index is 858. The monoisotopic (exact) mass is 399 g/mol. The van der Waals surface area contributed by atoms with Crippen LogP contribution in [0.2, 0.25) is 0 Å². The van der Waals surface area contributed by atoms with Crippen LogP contribution < -0.4 is 4.90 Å². The second-order valence-electron chi connectivity index (χ2n) is 6.25. The predicted octanol–water partition coefficient (Wildman–Crippen LogP) is 4.57. The molecule has 0 saturated carbocycles. The third-order valence-electron chi connectivity index (χ3n) is 4.20. The number of aliphatic hydroxyl groups excluding tert-OH is 1. The van der Waals surface area contributed by atoms with Crippen LogP contribution in [0.4, 0.5) is 5.69 Å². The van der Waals surface area contributed by atoms with Crippen molar-refractivity contribution in [1.29, 1.82) is 0 Å². The second-order valence-corrected chi connectivity index (χ2v) is 7.17. The van der Waals surface area contributed by atoms with Gasteiger partial charge in [0.15, 0.2) is 11.5 Å². The number of rotatable bonds is 4. The van der Waals surface area contributed by atoms with E-state index in [4.69, 9.17) is 0 Å². The molecule has 1 unspecified atom stereocenters. The average molecular weight is 400 g/mol. The van der Waals surface area contributed by atoms with Crippen molar-refractivity contribution in [3.63, 3.8) is 0 Å². The van der Waals surface area contributed by atoms with Crippen LogP contribution >= 0.6 is 15.9 Å². The van der Waals surface area contributed by atoms with Gasteiger partial charge in [0.05, 0.1) is 11.6 Å². The molecule has 0 fully saturated rings. The normalized spacial score (nSPS) is 17.5. The van der Waals surface area contributed by atoms with Gasteiger partial charge >= 0.3 is 0 Å². The van der Waals surface area contributed by atoms with Crippen LogP contribution in [0, 0.1) is 5.92 Å². The van der Waals surface area contributed by atoms with E-state index in [0.717, 1.165) is 10.0 Å². The number of carbonyl (C=O) groups is 2. The Morgan fingerprint density at radius 1 is 1.12 bits per heavy atom. The summed E-state index contributed by atoms with van der Waals surface area (Å²) < 4.78 is 0.813. The van der Waals surface area contributed by atoms with Crippen LogP contribution in [0.3, 0.4) is 0 Å². The molecule has 4 nitrogen and oxygen atoms in total. The highest BCUT2D eigenvalue weighted by Crippen LogP contribution is 2.42. The first kappa shape index (κ1) is 17.4. The number of amides is 1. The highest BCUT2D eigenvalue weighted by Gasteiger charge is 2.44. The lowest BCUT2D eigenvalue weighted by Gasteiger charge is -2.27. The molecule has 1 N–H and O–H groups in total. The molecule has 0 bridgehead atoms. The van der Waals surface area contributed by atoms with Crippen LogP contribution in [-0.4, -0.2) is 16.8 Å². The fourth-order valence-electron chi connectivity index (χ4n) is 3.01. The number of aliphatic hydroxyl groups is 1. The minimum atomic E-state index is -0.641. The van der Waals surface area contributed by atoms with Crippen molar-refractivity contribution in [2.75, 3.05) is 4.90 Å². The molecule has 1 heterocycles. The first-order chi connectivity index (χ1) is 11.9. The van der Waals surface area contributed by atoms with E-state index in [9.17, 15) is 14.7 Å². The number of Topliss-reactive ketones (excluding diaryl/α,β-unsaturated/α-hetero) is 1. The number of hydrogen-bond donors (Lipinski definition) is 1. The molecule has 3 rings (SSSR count). The lowest BCUT2D eigenvalue weighted by atomic mass is 9.91. The molecule has 128 valence electrons. The summed E-state index contributed by atoms with van der Waals surface area (Å²) in [5, 5.41) is 10.5. The maximum absolute atomic E-state index is 12.8. The highest BCUT2D eigenvalue weighted by atomic mass is 79.9. The van der Waals surface area contributed by atoms with E-state index < -0.39 is 17.7 Å². The van der Waals surface area contributed by atoms with E-state index >= 15 is 0 Å². The molecular formula is C20H18BrNO3. The van der Waals surface area contributed by atoms with Gasteiger partial charge < -0.3 is 5.11 Å². The second kappa shape index (κ2) is 6.84. The minimum Gasteiger partial charge on any atom is -0.503 e. The van der Waals surface area contributed by atoms with Gasteiger partial charge in [-0.2, -0.15) is 0 Å². The van der Waals surface area contributed by atoms with Crippen molar-refractivity contribution in [2.24, 2.45) is 5.92 Å². The zero-order valence-electron chi connectivity index (χ0n) is 13.9. The quantitative estimate of drug-likeness (QED) is 0.818. The zero-order valence-corrected chi connectivity index (χ0v) is 15.5. The molecule has 1 aliphatic heterocycles. The summed E-state index contributed by atoms with van der Waals surface area (Å²) in [5.74, 6) is -1.57. The summed E-state index contributed by atoms with van der Waals surface area (Å²) in [6.07, 6.45) is 0. The molecule has 0 aromatic heterocycles. The van der Waals surface area contributed by atoms with Crippen LogP contribution in [-0.2, 0) is 9.59 Å². The molecule has 0 radical (unpaired) electrons. The van der Waals surface area contributed by atoms with Gasteiger partial charge in [-0.3, -0.25) is 14.5 Å².